The minimum absolute atomic E-state index is 0.0235. The van der Waals surface area contributed by atoms with Gasteiger partial charge in [0.1, 0.15) is 34.6 Å². The number of likely N-dealkylation sites (N-methyl/N-ethyl adjacent to an activating group) is 1. The molecule has 13 nitrogen and oxygen atoms in total. The van der Waals surface area contributed by atoms with Gasteiger partial charge in [-0.25, -0.2) is 4.79 Å². The van der Waals surface area contributed by atoms with Crippen molar-refractivity contribution in [1.82, 2.24) is 4.90 Å². The van der Waals surface area contributed by atoms with Crippen LogP contribution < -0.4 is 14.2 Å². The molecule has 1 heterocycles. The smallest absolute Gasteiger partial charge is 0.415 e. The van der Waals surface area contributed by atoms with E-state index in [1.54, 1.807) is 24.9 Å². The molecule has 2 aliphatic carbocycles. The molecule has 1 saturated carbocycles. The number of aliphatic hydroxyl groups excluding tert-OH is 2. The first kappa shape index (κ1) is 44.7. The monoisotopic (exact) mass is 843 g/mol. The summed E-state index contributed by atoms with van der Waals surface area (Å²) in [7, 11) is 1.63. The fourth-order valence-electron chi connectivity index (χ4n) is 8.70. The number of oxime groups is 1. The maximum Gasteiger partial charge on any atom is 0.415 e. The number of hydrogen-bond acceptors (Lipinski definition) is 12. The highest BCUT2D eigenvalue weighted by Gasteiger charge is 2.65. The average Bonchev–Trinajstić information content (AvgIpc) is 3.23. The summed E-state index contributed by atoms with van der Waals surface area (Å²) in [5, 5.41) is 35.9. The summed E-state index contributed by atoms with van der Waals surface area (Å²) in [5.74, 6) is -0.129. The fourth-order valence-corrected chi connectivity index (χ4v) is 9.11. The Morgan fingerprint density at radius 1 is 1.02 bits per heavy atom. The molecular formula is C46H57N3O10S. The largest absolute Gasteiger partial charge is 0.459 e. The van der Waals surface area contributed by atoms with E-state index in [9.17, 15) is 25.1 Å². The van der Waals surface area contributed by atoms with Gasteiger partial charge in [-0.1, -0.05) is 30.1 Å². The molecule has 14 heteroatoms. The Balaban J connectivity index is 1.54. The molecule has 1 fully saturated rings. The van der Waals surface area contributed by atoms with Crippen molar-refractivity contribution in [1.29, 1.82) is 0 Å². The molecule has 2 N–H and O–H groups in total. The molecule has 3 aromatic rings. The van der Waals surface area contributed by atoms with E-state index in [2.05, 4.69) is 12.7 Å². The number of fused-ring (bicyclic) bond motifs is 2. The number of rotatable bonds is 18. The number of nitro benzene ring substituents is 1. The first-order valence-corrected chi connectivity index (χ1v) is 21.8. The normalized spacial score (nSPS) is 23.7. The van der Waals surface area contributed by atoms with Crippen LogP contribution in [-0.2, 0) is 9.57 Å². The molecule has 0 radical (unpaired) electrons. The maximum absolute atomic E-state index is 14.2. The number of ether oxygens (including phenoxy) is 4. The van der Waals surface area contributed by atoms with E-state index in [1.165, 1.54) is 29.2 Å². The second kappa shape index (κ2) is 19.7. The summed E-state index contributed by atoms with van der Waals surface area (Å²) in [4.78, 5) is 33.8. The Morgan fingerprint density at radius 2 is 1.68 bits per heavy atom. The molecule has 0 bridgehead atoms. The maximum atomic E-state index is 14.2. The number of hydrogen-bond donors (Lipinski definition) is 2. The highest BCUT2D eigenvalue weighted by Crippen LogP contribution is 2.62. The van der Waals surface area contributed by atoms with Crippen LogP contribution in [0.2, 0.25) is 0 Å². The standard InChI is InChI=1S/C46H57N3O10S/c1-7-26-55-46-41(48(5)44(52)57-33-16-14-31(15-17-33)49(53)54)29-39(47-59-45(2,3)4)37-27-30(12-8-10-24-50)36(13-9-11-25-51)42(43(37)46)38-28-34(20-23-40(38)58-46)56-32-18-21-35(60-6)22-19-32/h7,14-23,27-28,30,36,41-43,50-51H,1,8-13,24-26,29H2,2-6H3/t30-,36+,41-,42+,43+,46+/m0/s1. The molecule has 1 amide bonds. The molecule has 6 rings (SSSR count). The zero-order valence-corrected chi connectivity index (χ0v) is 35.9. The van der Waals surface area contributed by atoms with Gasteiger partial charge in [0.05, 0.1) is 23.2 Å². The first-order chi connectivity index (χ1) is 28.8. The van der Waals surface area contributed by atoms with Crippen LogP contribution in [0.15, 0.2) is 101 Å². The number of nitrogens with zero attached hydrogens (tertiary/aromatic N) is 3. The van der Waals surface area contributed by atoms with Gasteiger partial charge in [-0.05, 0) is 125 Å². The van der Waals surface area contributed by atoms with Gasteiger partial charge in [0.2, 0.25) is 5.79 Å². The molecule has 6 atom stereocenters. The lowest BCUT2D eigenvalue weighted by molar-refractivity contribution is -0.384. The van der Waals surface area contributed by atoms with E-state index in [4.69, 9.17) is 28.9 Å². The van der Waals surface area contributed by atoms with E-state index in [-0.39, 0.29) is 55.4 Å². The third-order valence-electron chi connectivity index (χ3n) is 11.4. The number of unbranched alkanes of at least 4 members (excludes halogenated alkanes) is 2. The lowest BCUT2D eigenvalue weighted by atomic mass is 9.55. The zero-order chi connectivity index (χ0) is 43.0. The van der Waals surface area contributed by atoms with Crippen LogP contribution in [0.4, 0.5) is 10.5 Å². The van der Waals surface area contributed by atoms with Gasteiger partial charge in [0.25, 0.3) is 5.69 Å². The number of amides is 1. The second-order valence-electron chi connectivity index (χ2n) is 16.5. The molecule has 0 aromatic heterocycles. The summed E-state index contributed by atoms with van der Waals surface area (Å²) in [6.07, 6.45) is 9.89. The summed E-state index contributed by atoms with van der Waals surface area (Å²) >= 11 is 1.66. The van der Waals surface area contributed by atoms with Crippen LogP contribution in [0.3, 0.4) is 0 Å². The predicted octanol–water partition coefficient (Wildman–Crippen LogP) is 9.67. The van der Waals surface area contributed by atoms with E-state index >= 15 is 0 Å². The Bertz CT molecular complexity index is 2030. The Kier molecular flexibility index (Phi) is 14.6. The summed E-state index contributed by atoms with van der Waals surface area (Å²) in [6, 6.07) is 18.3. The highest BCUT2D eigenvalue weighted by atomic mass is 32.2. The summed E-state index contributed by atoms with van der Waals surface area (Å²) < 4.78 is 26.5. The van der Waals surface area contributed by atoms with Crippen molar-refractivity contribution in [2.45, 2.75) is 94.0 Å². The molecule has 322 valence electrons. The van der Waals surface area contributed by atoms with E-state index in [1.807, 2.05) is 69.5 Å². The lowest BCUT2D eigenvalue weighted by Crippen LogP contribution is -2.69. The Labute approximate surface area is 356 Å². The molecule has 3 aliphatic rings. The zero-order valence-electron chi connectivity index (χ0n) is 35.1. The van der Waals surface area contributed by atoms with Crippen LogP contribution in [0.1, 0.15) is 77.2 Å². The van der Waals surface area contributed by atoms with Crippen molar-refractivity contribution in [2.75, 3.05) is 33.1 Å². The number of allylic oxidation sites excluding steroid dienone is 1. The van der Waals surface area contributed by atoms with Crippen molar-refractivity contribution in [3.63, 3.8) is 0 Å². The Hall–Kier alpha value is -4.89. The first-order valence-electron chi connectivity index (χ1n) is 20.6. The molecule has 0 spiro atoms. The second-order valence-corrected chi connectivity index (χ2v) is 17.4. The third-order valence-corrected chi connectivity index (χ3v) is 12.1. The molecule has 1 aliphatic heterocycles. The quantitative estimate of drug-likeness (QED) is 0.0412. The fraction of sp³-hybridized carbons (Fsp3) is 0.478. The van der Waals surface area contributed by atoms with E-state index in [0.29, 0.717) is 35.8 Å². The van der Waals surface area contributed by atoms with Gasteiger partial charge in [0.15, 0.2) is 0 Å². The van der Waals surface area contributed by atoms with Gasteiger partial charge < -0.3 is 38.9 Å². The van der Waals surface area contributed by atoms with Gasteiger partial charge >= 0.3 is 6.09 Å². The van der Waals surface area contributed by atoms with Crippen LogP contribution >= 0.6 is 11.8 Å². The summed E-state index contributed by atoms with van der Waals surface area (Å²) in [6.45, 7) is 10.0. The minimum Gasteiger partial charge on any atom is -0.459 e. The number of aliphatic hydroxyl groups is 2. The van der Waals surface area contributed by atoms with Gasteiger partial charge in [-0.2, -0.15) is 0 Å². The number of carbonyl (C=O) groups excluding carboxylic acids is 1. The number of benzene rings is 3. The third kappa shape index (κ3) is 10.00. The topological polar surface area (TPSA) is 162 Å². The van der Waals surface area contributed by atoms with Crippen LogP contribution in [0.25, 0.3) is 0 Å². The van der Waals surface area contributed by atoms with Crippen LogP contribution in [0.5, 0.6) is 23.0 Å². The number of non-ortho nitro benzene ring substituents is 1. The Morgan fingerprint density at radius 3 is 2.32 bits per heavy atom. The van der Waals surface area contributed by atoms with Crippen molar-refractivity contribution in [3.05, 3.63) is 107 Å². The number of carbonyl (C=O) groups is 1. The molecule has 3 aromatic carbocycles. The van der Waals surface area contributed by atoms with Gasteiger partial charge in [-0.3, -0.25) is 10.1 Å². The van der Waals surface area contributed by atoms with E-state index in [0.717, 1.165) is 41.7 Å². The molecule has 0 unspecified atom stereocenters. The SMILES string of the molecule is C=CCO[C@@]12Oc3ccc(Oc4ccc(SC)cc4)cc3[C@H]3[C@H](CCCCO)[C@@H](CCCCO)C=C(C(=NOC(C)(C)C)C[C@@H]1N(C)C(=O)Oc1ccc([N+](=O)[O-])cc1)[C@H]32. The minimum atomic E-state index is -1.48. The van der Waals surface area contributed by atoms with Crippen molar-refractivity contribution >= 4 is 29.3 Å². The van der Waals surface area contributed by atoms with E-state index < -0.39 is 34.4 Å². The number of thioether (sulfide) groups is 1. The van der Waals surface area contributed by atoms with Crippen molar-refractivity contribution in [2.24, 2.45) is 22.9 Å². The highest BCUT2D eigenvalue weighted by molar-refractivity contribution is 7.98. The van der Waals surface area contributed by atoms with Gasteiger partial charge in [0, 0.05) is 55.2 Å². The predicted molar refractivity (Wildman–Crippen MR) is 231 cm³/mol. The van der Waals surface area contributed by atoms with Crippen LogP contribution in [-0.4, -0.2) is 82.4 Å². The van der Waals surface area contributed by atoms with Crippen LogP contribution in [0, 0.1) is 27.9 Å². The van der Waals surface area contributed by atoms with Crippen molar-refractivity contribution in [3.8, 4) is 23.0 Å². The lowest BCUT2D eigenvalue weighted by Gasteiger charge is -2.59. The van der Waals surface area contributed by atoms with Crippen molar-refractivity contribution < 1.29 is 43.7 Å². The van der Waals surface area contributed by atoms with Gasteiger partial charge in [-0.15, -0.1) is 18.3 Å². The molecule has 0 saturated heterocycles. The summed E-state index contributed by atoms with van der Waals surface area (Å²) in [5.41, 5.74) is 1.71. The molecule has 60 heavy (non-hydrogen) atoms. The molecular weight excluding hydrogens is 787 g/mol. The average molecular weight is 844 g/mol. The number of nitro groups is 1.